The summed E-state index contributed by atoms with van der Waals surface area (Å²) in [6.07, 6.45) is 3.76. The van der Waals surface area contributed by atoms with Crippen molar-refractivity contribution >= 4 is 29.1 Å². The second kappa shape index (κ2) is 7.35. The molecule has 0 radical (unpaired) electrons. The molecule has 0 spiro atoms. The lowest BCUT2D eigenvalue weighted by Gasteiger charge is -2.13. The Balaban J connectivity index is 1.96. The maximum absolute atomic E-state index is 5.17. The number of thioether (sulfide) groups is 1. The molecular formula is C10H20N2S2. The molecule has 1 atom stereocenters. The lowest BCUT2D eigenvalue weighted by molar-refractivity contribution is 0.576. The first-order valence-corrected chi connectivity index (χ1v) is 6.98. The first-order chi connectivity index (χ1) is 6.83. The number of hydrogen-bond donors (Lipinski definition) is 2. The van der Waals surface area contributed by atoms with Gasteiger partial charge in [0.1, 0.15) is 0 Å². The first-order valence-electron chi connectivity index (χ1n) is 5.42. The Morgan fingerprint density at radius 3 is 3.00 bits per heavy atom. The fourth-order valence-corrected chi connectivity index (χ4v) is 2.89. The van der Waals surface area contributed by atoms with Gasteiger partial charge in [-0.2, -0.15) is 11.8 Å². The average molecular weight is 232 g/mol. The van der Waals surface area contributed by atoms with Gasteiger partial charge in [-0.3, -0.25) is 0 Å². The molecule has 14 heavy (non-hydrogen) atoms. The Hall–Kier alpha value is 0.0400. The van der Waals surface area contributed by atoms with Crippen LogP contribution in [0.4, 0.5) is 0 Å². The Morgan fingerprint density at radius 2 is 2.36 bits per heavy atom. The molecular weight excluding hydrogens is 212 g/mol. The van der Waals surface area contributed by atoms with E-state index in [9.17, 15) is 0 Å². The van der Waals surface area contributed by atoms with Gasteiger partial charge in [0.05, 0.1) is 0 Å². The molecule has 0 aromatic rings. The minimum Gasteiger partial charge on any atom is -0.363 e. The predicted molar refractivity (Wildman–Crippen MR) is 68.9 cm³/mol. The zero-order valence-electron chi connectivity index (χ0n) is 8.84. The van der Waals surface area contributed by atoms with E-state index in [1.165, 1.54) is 30.8 Å². The van der Waals surface area contributed by atoms with Crippen molar-refractivity contribution < 1.29 is 0 Å². The largest absolute Gasteiger partial charge is 0.363 e. The summed E-state index contributed by atoms with van der Waals surface area (Å²) in [6, 6.07) is 0. The fraction of sp³-hybridized carbons (Fsp3) is 0.900. The highest BCUT2D eigenvalue weighted by Crippen LogP contribution is 2.22. The van der Waals surface area contributed by atoms with Crippen LogP contribution in [0.5, 0.6) is 0 Å². The number of rotatable bonds is 5. The lowest BCUT2D eigenvalue weighted by atomic mass is 10.1. The maximum Gasteiger partial charge on any atom is 0.166 e. The Bertz CT molecular complexity index is 168. The molecule has 1 rings (SSSR count). The van der Waals surface area contributed by atoms with Gasteiger partial charge in [0.2, 0.25) is 0 Å². The minimum absolute atomic E-state index is 0.825. The maximum atomic E-state index is 5.17. The molecule has 2 N–H and O–H groups in total. The quantitative estimate of drug-likeness (QED) is 0.559. The van der Waals surface area contributed by atoms with E-state index in [0.717, 1.165) is 24.1 Å². The molecule has 1 unspecified atom stereocenters. The van der Waals surface area contributed by atoms with Crippen molar-refractivity contribution in [1.29, 1.82) is 0 Å². The third-order valence-corrected chi connectivity index (χ3v) is 3.91. The molecule has 0 amide bonds. The van der Waals surface area contributed by atoms with Crippen LogP contribution in [-0.4, -0.2) is 29.7 Å². The average Bonchev–Trinajstić information content (AvgIpc) is 2.68. The Labute approximate surface area is 96.6 Å². The summed E-state index contributed by atoms with van der Waals surface area (Å²) in [5.74, 6) is 3.44. The van der Waals surface area contributed by atoms with Gasteiger partial charge < -0.3 is 10.6 Å². The molecule has 1 aliphatic rings. The standard InChI is InChI=1S/C10H20N2S2/c1-2-3-5-11-10(13)12-7-9-4-6-14-8-9/h9H,2-8H2,1H3,(H2,11,12,13). The molecule has 1 fully saturated rings. The van der Waals surface area contributed by atoms with E-state index >= 15 is 0 Å². The highest BCUT2D eigenvalue weighted by atomic mass is 32.2. The molecule has 0 aromatic carbocycles. The molecule has 1 heterocycles. The van der Waals surface area contributed by atoms with Crippen LogP contribution in [-0.2, 0) is 0 Å². The fourth-order valence-electron chi connectivity index (χ4n) is 1.42. The summed E-state index contributed by atoms with van der Waals surface area (Å²) in [7, 11) is 0. The van der Waals surface area contributed by atoms with Gasteiger partial charge in [-0.1, -0.05) is 13.3 Å². The predicted octanol–water partition coefficient (Wildman–Crippen LogP) is 2.00. The van der Waals surface area contributed by atoms with Gasteiger partial charge in [-0.25, -0.2) is 0 Å². The molecule has 4 heteroatoms. The monoisotopic (exact) mass is 232 g/mol. The van der Waals surface area contributed by atoms with Crippen molar-refractivity contribution in [3.8, 4) is 0 Å². The molecule has 2 nitrogen and oxygen atoms in total. The summed E-state index contributed by atoms with van der Waals surface area (Å²) in [4.78, 5) is 0. The van der Waals surface area contributed by atoms with Crippen LogP contribution in [0, 0.1) is 5.92 Å². The number of unbranched alkanes of at least 4 members (excludes halogenated alkanes) is 1. The molecule has 0 aromatic heterocycles. The molecule has 0 saturated carbocycles. The van der Waals surface area contributed by atoms with E-state index in [1.807, 2.05) is 0 Å². The number of hydrogen-bond acceptors (Lipinski definition) is 2. The number of thiocarbonyl (C=S) groups is 1. The molecule has 1 aliphatic heterocycles. The van der Waals surface area contributed by atoms with Crippen molar-refractivity contribution in [2.45, 2.75) is 26.2 Å². The van der Waals surface area contributed by atoms with Gasteiger partial charge in [-0.15, -0.1) is 0 Å². The second-order valence-corrected chi connectivity index (χ2v) is 5.28. The van der Waals surface area contributed by atoms with Crippen LogP contribution in [0.3, 0.4) is 0 Å². The third kappa shape index (κ3) is 5.05. The van der Waals surface area contributed by atoms with Crippen LogP contribution in [0.25, 0.3) is 0 Å². The molecule has 0 bridgehead atoms. The van der Waals surface area contributed by atoms with E-state index in [2.05, 4.69) is 29.3 Å². The number of nitrogens with one attached hydrogen (secondary N) is 2. The van der Waals surface area contributed by atoms with E-state index in [1.54, 1.807) is 0 Å². The van der Waals surface area contributed by atoms with E-state index < -0.39 is 0 Å². The van der Waals surface area contributed by atoms with Gasteiger partial charge in [0, 0.05) is 13.1 Å². The smallest absolute Gasteiger partial charge is 0.166 e. The first kappa shape index (κ1) is 12.1. The topological polar surface area (TPSA) is 24.1 Å². The zero-order valence-corrected chi connectivity index (χ0v) is 10.5. The van der Waals surface area contributed by atoms with E-state index in [4.69, 9.17) is 12.2 Å². The van der Waals surface area contributed by atoms with Gasteiger partial charge in [0.25, 0.3) is 0 Å². The van der Waals surface area contributed by atoms with Crippen molar-refractivity contribution in [3.05, 3.63) is 0 Å². The van der Waals surface area contributed by atoms with Crippen LogP contribution in [0.2, 0.25) is 0 Å². The van der Waals surface area contributed by atoms with E-state index in [0.29, 0.717) is 0 Å². The van der Waals surface area contributed by atoms with Gasteiger partial charge in [0.15, 0.2) is 5.11 Å². The van der Waals surface area contributed by atoms with E-state index in [-0.39, 0.29) is 0 Å². The van der Waals surface area contributed by atoms with Crippen LogP contribution in [0.1, 0.15) is 26.2 Å². The van der Waals surface area contributed by atoms with Crippen molar-refractivity contribution in [2.75, 3.05) is 24.6 Å². The highest BCUT2D eigenvalue weighted by molar-refractivity contribution is 7.99. The summed E-state index contributed by atoms with van der Waals surface area (Å²) >= 11 is 7.22. The molecule has 82 valence electrons. The van der Waals surface area contributed by atoms with Crippen LogP contribution < -0.4 is 10.6 Å². The van der Waals surface area contributed by atoms with Crippen LogP contribution >= 0.6 is 24.0 Å². The zero-order chi connectivity index (χ0) is 10.2. The normalized spacial score (nSPS) is 20.8. The van der Waals surface area contributed by atoms with Crippen LogP contribution in [0.15, 0.2) is 0 Å². The minimum atomic E-state index is 0.825. The van der Waals surface area contributed by atoms with Crippen molar-refractivity contribution in [2.24, 2.45) is 5.92 Å². The summed E-state index contributed by atoms with van der Waals surface area (Å²) in [6.45, 7) is 4.24. The molecule has 1 saturated heterocycles. The van der Waals surface area contributed by atoms with Crippen molar-refractivity contribution in [3.63, 3.8) is 0 Å². The van der Waals surface area contributed by atoms with Gasteiger partial charge in [-0.05, 0) is 42.5 Å². The van der Waals surface area contributed by atoms with Gasteiger partial charge >= 0.3 is 0 Å². The Morgan fingerprint density at radius 1 is 1.50 bits per heavy atom. The molecule has 0 aliphatic carbocycles. The SMILES string of the molecule is CCCCNC(=S)NCC1CCSC1. The third-order valence-electron chi connectivity index (χ3n) is 2.39. The summed E-state index contributed by atoms with van der Waals surface area (Å²) in [5, 5.41) is 7.34. The Kier molecular flexibility index (Phi) is 6.36. The lowest BCUT2D eigenvalue weighted by Crippen LogP contribution is -2.38. The summed E-state index contributed by atoms with van der Waals surface area (Å²) in [5.41, 5.74) is 0. The second-order valence-electron chi connectivity index (χ2n) is 3.72. The summed E-state index contributed by atoms with van der Waals surface area (Å²) < 4.78 is 0. The highest BCUT2D eigenvalue weighted by Gasteiger charge is 2.14. The van der Waals surface area contributed by atoms with Crippen molar-refractivity contribution in [1.82, 2.24) is 10.6 Å².